The molecule has 0 aromatic carbocycles. The zero-order valence-electron chi connectivity index (χ0n) is 14.1. The number of fused-ring (bicyclic) bond motifs is 1. The van der Waals surface area contributed by atoms with Gasteiger partial charge in [-0.2, -0.15) is 10.4 Å². The normalized spacial score (nSPS) is 17.4. The fraction of sp³-hybridized carbons (Fsp3) is 0.412. The maximum Gasteiger partial charge on any atom is 0.276 e. The molecule has 0 bridgehead atoms. The summed E-state index contributed by atoms with van der Waals surface area (Å²) in [4.78, 5) is 17.5. The third-order valence-electron chi connectivity index (χ3n) is 4.55. The first kappa shape index (κ1) is 15.6. The van der Waals surface area contributed by atoms with Gasteiger partial charge in [0.05, 0.1) is 24.5 Å². The van der Waals surface area contributed by atoms with Crippen LogP contribution in [0, 0.1) is 11.3 Å². The Bertz CT molecular complexity index is 1030. The molecule has 1 fully saturated rings. The van der Waals surface area contributed by atoms with Gasteiger partial charge in [0.1, 0.15) is 11.6 Å². The number of hydrogen-bond acceptors (Lipinski definition) is 5. The number of aromatic amines is 1. The van der Waals surface area contributed by atoms with E-state index >= 15 is 0 Å². The van der Waals surface area contributed by atoms with Crippen molar-refractivity contribution in [3.05, 3.63) is 40.1 Å². The molecule has 1 N–H and O–H groups in total. The van der Waals surface area contributed by atoms with Gasteiger partial charge in [0.25, 0.3) is 5.56 Å². The molecule has 0 spiro atoms. The number of rotatable bonds is 3. The van der Waals surface area contributed by atoms with Gasteiger partial charge in [-0.25, -0.2) is 9.50 Å². The minimum Gasteiger partial charge on any atom is -0.379 e. The van der Waals surface area contributed by atoms with E-state index in [9.17, 15) is 10.1 Å². The lowest BCUT2D eigenvalue weighted by Gasteiger charge is -2.11. The van der Waals surface area contributed by atoms with Crippen molar-refractivity contribution in [2.24, 2.45) is 0 Å². The summed E-state index contributed by atoms with van der Waals surface area (Å²) in [7, 11) is 0. The highest BCUT2D eigenvalue weighted by Gasteiger charge is 2.23. The smallest absolute Gasteiger partial charge is 0.276 e. The molecule has 1 saturated heterocycles. The predicted molar refractivity (Wildman–Crippen MR) is 90.3 cm³/mol. The van der Waals surface area contributed by atoms with Crippen LogP contribution in [0.3, 0.4) is 0 Å². The molecule has 4 heterocycles. The Labute approximate surface area is 143 Å². The van der Waals surface area contributed by atoms with Crippen molar-refractivity contribution in [2.75, 3.05) is 13.2 Å². The second kappa shape index (κ2) is 5.86. The molecule has 8 heteroatoms. The molecule has 0 aliphatic carbocycles. The average molecular weight is 338 g/mol. The number of H-pyrrole nitrogens is 1. The molecular weight excluding hydrogens is 320 g/mol. The van der Waals surface area contributed by atoms with Gasteiger partial charge in [-0.05, 0) is 12.3 Å². The first-order valence-corrected chi connectivity index (χ1v) is 8.26. The highest BCUT2D eigenvalue weighted by atomic mass is 16.5. The number of nitrogens with zero attached hydrogens (tertiary/aromatic N) is 5. The SMILES string of the molecule is CC(C)c1c(-c2cnn(C3CCOC3)c2)nc2c(C#N)c[nH]n2c1=O. The summed E-state index contributed by atoms with van der Waals surface area (Å²) in [6, 6.07) is 2.27. The molecule has 4 rings (SSSR count). The maximum absolute atomic E-state index is 12.9. The number of hydrogen-bond donors (Lipinski definition) is 1. The van der Waals surface area contributed by atoms with Crippen LogP contribution in [0.4, 0.5) is 0 Å². The lowest BCUT2D eigenvalue weighted by molar-refractivity contribution is 0.184. The van der Waals surface area contributed by atoms with Crippen molar-refractivity contribution in [3.63, 3.8) is 0 Å². The molecule has 0 saturated carbocycles. The number of nitriles is 1. The zero-order chi connectivity index (χ0) is 17.6. The Morgan fingerprint density at radius 1 is 1.48 bits per heavy atom. The van der Waals surface area contributed by atoms with Crippen LogP contribution in [0.5, 0.6) is 0 Å². The molecule has 3 aromatic heterocycles. The molecule has 1 aliphatic heterocycles. The van der Waals surface area contributed by atoms with Crippen molar-refractivity contribution in [2.45, 2.75) is 32.2 Å². The Morgan fingerprint density at radius 3 is 3.00 bits per heavy atom. The highest BCUT2D eigenvalue weighted by molar-refractivity contribution is 5.67. The van der Waals surface area contributed by atoms with E-state index in [1.807, 2.05) is 24.7 Å². The van der Waals surface area contributed by atoms with E-state index in [1.165, 1.54) is 10.7 Å². The second-order valence-electron chi connectivity index (χ2n) is 6.52. The minimum atomic E-state index is -0.187. The van der Waals surface area contributed by atoms with E-state index in [4.69, 9.17) is 4.74 Å². The Morgan fingerprint density at radius 2 is 2.32 bits per heavy atom. The summed E-state index contributed by atoms with van der Waals surface area (Å²) in [6.45, 7) is 5.29. The van der Waals surface area contributed by atoms with Crippen molar-refractivity contribution in [1.29, 1.82) is 5.26 Å². The first-order chi connectivity index (χ1) is 12.1. The van der Waals surface area contributed by atoms with Crippen molar-refractivity contribution in [1.82, 2.24) is 24.4 Å². The van der Waals surface area contributed by atoms with Crippen LogP contribution in [0.25, 0.3) is 16.9 Å². The van der Waals surface area contributed by atoms with E-state index in [2.05, 4.69) is 21.3 Å². The van der Waals surface area contributed by atoms with Crippen LogP contribution >= 0.6 is 0 Å². The van der Waals surface area contributed by atoms with Crippen molar-refractivity contribution < 1.29 is 4.74 Å². The molecule has 1 aliphatic rings. The van der Waals surface area contributed by atoms with Crippen LogP contribution in [-0.4, -0.2) is 37.6 Å². The summed E-state index contributed by atoms with van der Waals surface area (Å²) in [5, 5.41) is 16.5. The van der Waals surface area contributed by atoms with Crippen molar-refractivity contribution in [3.8, 4) is 17.3 Å². The monoisotopic (exact) mass is 338 g/mol. The fourth-order valence-corrected chi connectivity index (χ4v) is 3.24. The van der Waals surface area contributed by atoms with Crippen LogP contribution in [-0.2, 0) is 4.74 Å². The van der Waals surface area contributed by atoms with E-state index < -0.39 is 0 Å². The topological polar surface area (TPSA) is 101 Å². The summed E-state index contributed by atoms with van der Waals surface area (Å²) < 4.78 is 8.61. The third-order valence-corrected chi connectivity index (χ3v) is 4.55. The standard InChI is InChI=1S/C17H18N6O2/c1-10(2)14-15(12-7-19-22(8-12)13-3-4-25-9-13)21-16-11(5-18)6-20-23(16)17(14)24/h6-8,10,13,20H,3-4,9H2,1-2H3. The first-order valence-electron chi connectivity index (χ1n) is 8.26. The van der Waals surface area contributed by atoms with Gasteiger partial charge >= 0.3 is 0 Å². The molecule has 0 amide bonds. The minimum absolute atomic E-state index is 0.0149. The number of aromatic nitrogens is 5. The van der Waals surface area contributed by atoms with Crippen LogP contribution in [0.15, 0.2) is 23.4 Å². The lowest BCUT2D eigenvalue weighted by Crippen LogP contribution is -2.22. The zero-order valence-corrected chi connectivity index (χ0v) is 14.1. The van der Waals surface area contributed by atoms with Crippen LogP contribution < -0.4 is 5.56 Å². The molecule has 128 valence electrons. The van der Waals surface area contributed by atoms with Gasteiger partial charge in [-0.1, -0.05) is 13.8 Å². The van der Waals surface area contributed by atoms with E-state index in [0.29, 0.717) is 29.1 Å². The molecule has 1 atom stereocenters. The van der Waals surface area contributed by atoms with Gasteiger partial charge in [0, 0.05) is 30.1 Å². The Kier molecular flexibility index (Phi) is 3.66. The van der Waals surface area contributed by atoms with Gasteiger partial charge < -0.3 is 4.74 Å². The third kappa shape index (κ3) is 2.44. The second-order valence-corrected chi connectivity index (χ2v) is 6.52. The molecule has 25 heavy (non-hydrogen) atoms. The summed E-state index contributed by atoms with van der Waals surface area (Å²) in [5.74, 6) is -0.0149. The Hall–Kier alpha value is -2.92. The van der Waals surface area contributed by atoms with E-state index in [-0.39, 0.29) is 17.5 Å². The summed E-state index contributed by atoms with van der Waals surface area (Å²) in [6.07, 6.45) is 6.05. The van der Waals surface area contributed by atoms with Gasteiger partial charge in [-0.15, -0.1) is 0 Å². The largest absolute Gasteiger partial charge is 0.379 e. The van der Waals surface area contributed by atoms with Gasteiger partial charge in [-0.3, -0.25) is 14.6 Å². The lowest BCUT2D eigenvalue weighted by atomic mass is 10.00. The molecule has 0 radical (unpaired) electrons. The fourth-order valence-electron chi connectivity index (χ4n) is 3.24. The maximum atomic E-state index is 12.9. The number of ether oxygens (including phenoxy) is 1. The molecule has 8 nitrogen and oxygen atoms in total. The van der Waals surface area contributed by atoms with Gasteiger partial charge in [0.15, 0.2) is 5.65 Å². The molecule has 1 unspecified atom stereocenters. The highest BCUT2D eigenvalue weighted by Crippen LogP contribution is 2.27. The Balaban J connectivity index is 1.92. The van der Waals surface area contributed by atoms with Crippen LogP contribution in [0.2, 0.25) is 0 Å². The van der Waals surface area contributed by atoms with Gasteiger partial charge in [0.2, 0.25) is 0 Å². The van der Waals surface area contributed by atoms with Crippen LogP contribution in [0.1, 0.15) is 43.4 Å². The number of nitrogens with one attached hydrogen (secondary N) is 1. The van der Waals surface area contributed by atoms with E-state index in [0.717, 1.165) is 18.6 Å². The molecule has 3 aromatic rings. The average Bonchev–Trinajstić information content (AvgIpc) is 3.33. The summed E-state index contributed by atoms with van der Waals surface area (Å²) in [5.41, 5.74) is 2.45. The molecular formula is C17H18N6O2. The van der Waals surface area contributed by atoms with E-state index in [1.54, 1.807) is 6.20 Å². The quantitative estimate of drug-likeness (QED) is 0.785. The summed E-state index contributed by atoms with van der Waals surface area (Å²) >= 11 is 0. The predicted octanol–water partition coefficient (Wildman–Crippen LogP) is 1.84. The van der Waals surface area contributed by atoms with Crippen molar-refractivity contribution >= 4 is 5.65 Å².